The normalized spacial score (nSPS) is 11.5. The van der Waals surface area contributed by atoms with E-state index in [4.69, 9.17) is 9.15 Å². The summed E-state index contributed by atoms with van der Waals surface area (Å²) in [6.45, 7) is 0. The summed E-state index contributed by atoms with van der Waals surface area (Å²) < 4.78 is 10.4. The number of benzene rings is 2. The Labute approximate surface area is 216 Å². The quantitative estimate of drug-likeness (QED) is 0.109. The molecule has 0 radical (unpaired) electrons. The van der Waals surface area contributed by atoms with Crippen molar-refractivity contribution in [1.82, 2.24) is 10.7 Å². The molecule has 0 saturated heterocycles. The lowest BCUT2D eigenvalue weighted by molar-refractivity contribution is -0.128. The monoisotopic (exact) mass is 511 g/mol. The third-order valence-corrected chi connectivity index (χ3v) is 5.58. The van der Waals surface area contributed by atoms with Gasteiger partial charge >= 0.3 is 5.97 Å². The van der Waals surface area contributed by atoms with E-state index in [1.165, 1.54) is 36.0 Å². The number of nitrogens with zero attached hydrogens (tertiary/aromatic N) is 1. The number of thiophene rings is 1. The summed E-state index contributed by atoms with van der Waals surface area (Å²) in [5.74, 6) is -0.652. The molecule has 0 aliphatic heterocycles. The number of hydrogen-bond donors (Lipinski definition) is 2. The Morgan fingerprint density at radius 3 is 2.43 bits per heavy atom. The minimum absolute atomic E-state index is 0.0540. The molecule has 0 saturated carbocycles. The zero-order chi connectivity index (χ0) is 25.9. The van der Waals surface area contributed by atoms with Crippen molar-refractivity contribution >= 4 is 47.5 Å². The van der Waals surface area contributed by atoms with Crippen LogP contribution in [0, 0.1) is 0 Å². The predicted octanol–water partition coefficient (Wildman–Crippen LogP) is 4.88. The molecular formula is C28H21N3O5S. The van der Waals surface area contributed by atoms with Gasteiger partial charge in [0.25, 0.3) is 11.8 Å². The van der Waals surface area contributed by atoms with Gasteiger partial charge in [-0.1, -0.05) is 24.3 Å². The van der Waals surface area contributed by atoms with Crippen LogP contribution in [0.5, 0.6) is 5.75 Å². The molecular weight excluding hydrogens is 490 g/mol. The lowest BCUT2D eigenvalue weighted by Gasteiger charge is -2.08. The van der Waals surface area contributed by atoms with E-state index >= 15 is 0 Å². The second kappa shape index (κ2) is 12.6. The number of esters is 1. The highest BCUT2D eigenvalue weighted by atomic mass is 32.1. The molecule has 0 fully saturated rings. The molecule has 2 aromatic heterocycles. The number of hydrazone groups is 1. The summed E-state index contributed by atoms with van der Waals surface area (Å²) >= 11 is 1.43. The van der Waals surface area contributed by atoms with Gasteiger partial charge in [-0.25, -0.2) is 10.2 Å². The molecule has 0 unspecified atom stereocenters. The molecule has 2 N–H and O–H groups in total. The number of ether oxygens (including phenoxy) is 1. The SMILES string of the molecule is O=C(/C=C/c1ccco1)Oc1ccc(C=NNC(=O)C(=Cc2cccs2)NC(=O)c2ccccc2)cc1. The van der Waals surface area contributed by atoms with E-state index in [1.807, 2.05) is 17.5 Å². The van der Waals surface area contributed by atoms with Crippen LogP contribution in [0.15, 0.2) is 112 Å². The van der Waals surface area contributed by atoms with Crippen LogP contribution in [0.2, 0.25) is 0 Å². The van der Waals surface area contributed by atoms with Gasteiger partial charge in [-0.15, -0.1) is 11.3 Å². The smallest absolute Gasteiger partial charge is 0.336 e. The maximum atomic E-state index is 12.8. The van der Waals surface area contributed by atoms with E-state index in [0.29, 0.717) is 22.6 Å². The Morgan fingerprint density at radius 2 is 1.73 bits per heavy atom. The Balaban J connectivity index is 1.35. The first-order valence-electron chi connectivity index (χ1n) is 11.1. The molecule has 4 aromatic rings. The zero-order valence-corrected chi connectivity index (χ0v) is 20.2. The maximum absolute atomic E-state index is 12.8. The van der Waals surface area contributed by atoms with Crippen LogP contribution < -0.4 is 15.5 Å². The van der Waals surface area contributed by atoms with Crippen molar-refractivity contribution < 1.29 is 23.5 Å². The molecule has 184 valence electrons. The van der Waals surface area contributed by atoms with Crippen LogP contribution >= 0.6 is 11.3 Å². The summed E-state index contributed by atoms with van der Waals surface area (Å²) in [7, 11) is 0. The molecule has 37 heavy (non-hydrogen) atoms. The molecule has 0 bridgehead atoms. The summed E-state index contributed by atoms with van der Waals surface area (Å²) in [4.78, 5) is 38.1. The lowest BCUT2D eigenvalue weighted by atomic mass is 10.2. The van der Waals surface area contributed by atoms with Crippen LogP contribution in [-0.4, -0.2) is 24.0 Å². The second-order valence-corrected chi connectivity index (χ2v) is 8.41. The number of furan rings is 1. The van der Waals surface area contributed by atoms with Gasteiger partial charge in [0.05, 0.1) is 12.5 Å². The van der Waals surface area contributed by atoms with Crippen molar-refractivity contribution in [3.63, 3.8) is 0 Å². The number of amides is 2. The first-order valence-corrected chi connectivity index (χ1v) is 11.9. The third kappa shape index (κ3) is 7.74. The summed E-state index contributed by atoms with van der Waals surface area (Å²) in [6, 6.07) is 22.3. The summed E-state index contributed by atoms with van der Waals surface area (Å²) in [6.07, 6.45) is 7.30. The van der Waals surface area contributed by atoms with Gasteiger partial charge in [0, 0.05) is 16.5 Å². The fraction of sp³-hybridized carbons (Fsp3) is 0. The van der Waals surface area contributed by atoms with E-state index in [9.17, 15) is 14.4 Å². The van der Waals surface area contributed by atoms with Crippen LogP contribution in [-0.2, 0) is 9.59 Å². The topological polar surface area (TPSA) is 110 Å². The molecule has 2 aromatic carbocycles. The van der Waals surface area contributed by atoms with Crippen molar-refractivity contribution in [1.29, 1.82) is 0 Å². The van der Waals surface area contributed by atoms with Gasteiger partial charge in [-0.2, -0.15) is 5.10 Å². The van der Waals surface area contributed by atoms with Crippen molar-refractivity contribution in [2.24, 2.45) is 5.10 Å². The van der Waals surface area contributed by atoms with Crippen LogP contribution in [0.25, 0.3) is 12.2 Å². The minimum atomic E-state index is -0.581. The highest BCUT2D eigenvalue weighted by Gasteiger charge is 2.14. The molecule has 0 atom stereocenters. The van der Waals surface area contributed by atoms with Crippen LogP contribution in [0.3, 0.4) is 0 Å². The molecule has 2 amide bonds. The maximum Gasteiger partial charge on any atom is 0.336 e. The zero-order valence-electron chi connectivity index (χ0n) is 19.4. The highest BCUT2D eigenvalue weighted by molar-refractivity contribution is 7.10. The first kappa shape index (κ1) is 25.1. The lowest BCUT2D eigenvalue weighted by Crippen LogP contribution is -2.32. The fourth-order valence-corrected chi connectivity index (χ4v) is 3.65. The average molecular weight is 512 g/mol. The number of carbonyl (C=O) groups is 3. The van der Waals surface area contributed by atoms with E-state index in [-0.39, 0.29) is 5.70 Å². The van der Waals surface area contributed by atoms with Crippen molar-refractivity contribution in [3.8, 4) is 5.75 Å². The Kier molecular flexibility index (Phi) is 8.55. The minimum Gasteiger partial charge on any atom is -0.465 e. The van der Waals surface area contributed by atoms with Crippen molar-refractivity contribution in [2.75, 3.05) is 0 Å². The number of carbonyl (C=O) groups excluding carboxylic acids is 3. The third-order valence-electron chi connectivity index (χ3n) is 4.76. The number of nitrogens with one attached hydrogen (secondary N) is 2. The Morgan fingerprint density at radius 1 is 0.919 bits per heavy atom. The van der Waals surface area contributed by atoms with E-state index < -0.39 is 17.8 Å². The van der Waals surface area contributed by atoms with Gasteiger partial charge in [-0.3, -0.25) is 9.59 Å². The van der Waals surface area contributed by atoms with Gasteiger partial charge in [0.1, 0.15) is 17.2 Å². The molecule has 2 heterocycles. The molecule has 4 rings (SSSR count). The van der Waals surface area contributed by atoms with Gasteiger partial charge < -0.3 is 14.5 Å². The fourth-order valence-electron chi connectivity index (χ4n) is 2.99. The predicted molar refractivity (Wildman–Crippen MR) is 142 cm³/mol. The highest BCUT2D eigenvalue weighted by Crippen LogP contribution is 2.14. The number of hydrogen-bond acceptors (Lipinski definition) is 7. The first-order chi connectivity index (χ1) is 18.1. The standard InChI is InChI=1S/C28H21N3O5S/c32-26(15-14-22-8-4-16-35-22)36-23-12-10-20(11-13-23)19-29-31-28(34)25(18-24-9-5-17-37-24)30-27(33)21-6-2-1-3-7-21/h1-19H,(H,30,33)(H,31,34)/b15-14+,25-18?,29-19?. The van der Waals surface area contributed by atoms with Crippen LogP contribution in [0.1, 0.15) is 26.6 Å². The molecule has 0 aliphatic carbocycles. The van der Waals surface area contributed by atoms with E-state index in [2.05, 4.69) is 15.8 Å². The molecule has 0 spiro atoms. The van der Waals surface area contributed by atoms with Crippen LogP contribution in [0.4, 0.5) is 0 Å². The Hall–Kier alpha value is -5.02. The average Bonchev–Trinajstić information content (AvgIpc) is 3.63. The van der Waals surface area contributed by atoms with Gasteiger partial charge in [-0.05, 0) is 77.7 Å². The van der Waals surface area contributed by atoms with Gasteiger partial charge in [0.15, 0.2) is 0 Å². The van der Waals surface area contributed by atoms with Gasteiger partial charge in [0.2, 0.25) is 0 Å². The van der Waals surface area contributed by atoms with Crippen molar-refractivity contribution in [3.05, 3.63) is 124 Å². The van der Waals surface area contributed by atoms with E-state index in [0.717, 1.165) is 4.88 Å². The largest absolute Gasteiger partial charge is 0.465 e. The summed E-state index contributed by atoms with van der Waals surface area (Å²) in [5, 5.41) is 8.50. The second-order valence-electron chi connectivity index (χ2n) is 7.43. The Bertz CT molecular complexity index is 1420. The van der Waals surface area contributed by atoms with E-state index in [1.54, 1.807) is 72.8 Å². The molecule has 0 aliphatic rings. The summed E-state index contributed by atoms with van der Waals surface area (Å²) in [5.41, 5.74) is 3.56. The number of rotatable bonds is 9. The molecule has 8 nitrogen and oxygen atoms in total. The molecule has 9 heteroatoms. The van der Waals surface area contributed by atoms with Crippen molar-refractivity contribution in [2.45, 2.75) is 0 Å².